The van der Waals surface area contributed by atoms with Crippen LogP contribution in [-0.2, 0) is 14.8 Å². The van der Waals surface area contributed by atoms with Crippen LogP contribution in [0.15, 0.2) is 29.2 Å². The highest BCUT2D eigenvalue weighted by molar-refractivity contribution is 7.89. The molecule has 1 saturated carbocycles. The lowest BCUT2D eigenvalue weighted by atomic mass is 10.4. The largest absolute Gasteiger partial charge is 0.353 e. The molecular formula is C12H15ClN2O3S. The fourth-order valence-corrected chi connectivity index (χ4v) is 2.68. The number of sulfonamides is 1. The number of halogens is 1. The van der Waals surface area contributed by atoms with E-state index in [1.54, 1.807) is 0 Å². The van der Waals surface area contributed by atoms with Crippen LogP contribution in [0.2, 0.25) is 5.02 Å². The highest BCUT2D eigenvalue weighted by Gasteiger charge is 2.23. The van der Waals surface area contributed by atoms with Crippen LogP contribution in [0.5, 0.6) is 0 Å². The molecular weight excluding hydrogens is 288 g/mol. The smallest absolute Gasteiger partial charge is 0.240 e. The molecule has 0 spiro atoms. The van der Waals surface area contributed by atoms with Gasteiger partial charge in [-0.3, -0.25) is 4.79 Å². The summed E-state index contributed by atoms with van der Waals surface area (Å²) >= 11 is 5.69. The van der Waals surface area contributed by atoms with E-state index in [-0.39, 0.29) is 23.8 Å². The van der Waals surface area contributed by atoms with Crippen molar-refractivity contribution in [2.24, 2.45) is 0 Å². The summed E-state index contributed by atoms with van der Waals surface area (Å²) in [4.78, 5) is 11.5. The molecule has 0 heterocycles. The molecule has 0 saturated heterocycles. The van der Waals surface area contributed by atoms with E-state index in [0.717, 1.165) is 12.8 Å². The van der Waals surface area contributed by atoms with Gasteiger partial charge in [-0.15, -0.1) is 0 Å². The first-order chi connectivity index (χ1) is 8.97. The Bertz CT molecular complexity index is 553. The number of hydrogen-bond donors (Lipinski definition) is 2. The molecule has 0 bridgehead atoms. The summed E-state index contributed by atoms with van der Waals surface area (Å²) in [5.41, 5.74) is 0. The van der Waals surface area contributed by atoms with E-state index in [4.69, 9.17) is 11.6 Å². The molecule has 1 aromatic rings. The Balaban J connectivity index is 1.83. The Morgan fingerprint density at radius 1 is 1.26 bits per heavy atom. The standard InChI is InChI=1S/C12H15ClN2O3S/c13-9-1-5-11(6-2-9)19(17,18)14-8-7-12(16)15-10-3-4-10/h1-2,5-6,10,14H,3-4,7-8H2,(H,15,16). The summed E-state index contributed by atoms with van der Waals surface area (Å²) in [6, 6.07) is 6.16. The zero-order valence-electron chi connectivity index (χ0n) is 10.2. The Kier molecular flexibility index (Phi) is 4.44. The summed E-state index contributed by atoms with van der Waals surface area (Å²) in [6.45, 7) is 0.0868. The lowest BCUT2D eigenvalue weighted by molar-refractivity contribution is -0.121. The minimum Gasteiger partial charge on any atom is -0.353 e. The van der Waals surface area contributed by atoms with Crippen molar-refractivity contribution in [1.82, 2.24) is 10.0 Å². The molecule has 104 valence electrons. The fraction of sp³-hybridized carbons (Fsp3) is 0.417. The number of rotatable bonds is 6. The van der Waals surface area contributed by atoms with E-state index < -0.39 is 10.0 Å². The summed E-state index contributed by atoms with van der Waals surface area (Å²) in [5.74, 6) is -0.124. The monoisotopic (exact) mass is 302 g/mol. The van der Waals surface area contributed by atoms with Gasteiger partial charge in [0, 0.05) is 24.0 Å². The summed E-state index contributed by atoms with van der Waals surface area (Å²) in [5, 5.41) is 3.27. The fourth-order valence-electron chi connectivity index (χ4n) is 1.52. The average molecular weight is 303 g/mol. The molecule has 2 N–H and O–H groups in total. The highest BCUT2D eigenvalue weighted by Crippen LogP contribution is 2.18. The number of benzene rings is 1. The molecule has 19 heavy (non-hydrogen) atoms. The van der Waals surface area contributed by atoms with Gasteiger partial charge in [-0.25, -0.2) is 13.1 Å². The second kappa shape index (κ2) is 5.90. The zero-order chi connectivity index (χ0) is 13.9. The van der Waals surface area contributed by atoms with Crippen LogP contribution in [-0.4, -0.2) is 26.9 Å². The van der Waals surface area contributed by atoms with Gasteiger partial charge >= 0.3 is 0 Å². The van der Waals surface area contributed by atoms with Crippen LogP contribution < -0.4 is 10.0 Å². The van der Waals surface area contributed by atoms with E-state index in [9.17, 15) is 13.2 Å². The molecule has 1 aromatic carbocycles. The molecule has 0 unspecified atom stereocenters. The van der Waals surface area contributed by atoms with Gasteiger partial charge in [0.05, 0.1) is 4.90 Å². The molecule has 0 aromatic heterocycles. The van der Waals surface area contributed by atoms with Gasteiger partial charge in [0.1, 0.15) is 0 Å². The van der Waals surface area contributed by atoms with Gasteiger partial charge in [0.2, 0.25) is 15.9 Å². The number of hydrogen-bond acceptors (Lipinski definition) is 3. The first-order valence-electron chi connectivity index (χ1n) is 6.02. The summed E-state index contributed by atoms with van der Waals surface area (Å²) < 4.78 is 26.1. The maximum Gasteiger partial charge on any atom is 0.240 e. The van der Waals surface area contributed by atoms with Gasteiger partial charge in [-0.05, 0) is 37.1 Å². The summed E-state index contributed by atoms with van der Waals surface area (Å²) in [7, 11) is -3.57. The molecule has 1 fully saturated rings. The van der Waals surface area contributed by atoms with Crippen LogP contribution in [0.1, 0.15) is 19.3 Å². The van der Waals surface area contributed by atoms with E-state index in [2.05, 4.69) is 10.0 Å². The number of carbonyl (C=O) groups excluding carboxylic acids is 1. The lowest BCUT2D eigenvalue weighted by Crippen LogP contribution is -2.31. The SMILES string of the molecule is O=C(CCNS(=O)(=O)c1ccc(Cl)cc1)NC1CC1. The number of nitrogens with one attached hydrogen (secondary N) is 2. The minimum atomic E-state index is -3.57. The normalized spacial score (nSPS) is 15.2. The quantitative estimate of drug-likeness (QED) is 0.831. The Hall–Kier alpha value is -1.11. The average Bonchev–Trinajstić information content (AvgIpc) is 3.13. The van der Waals surface area contributed by atoms with Gasteiger partial charge in [0.15, 0.2) is 0 Å². The predicted octanol–water partition coefficient (Wildman–Crippen LogP) is 1.29. The van der Waals surface area contributed by atoms with Crippen LogP contribution in [0.4, 0.5) is 0 Å². The van der Waals surface area contributed by atoms with Crippen molar-refractivity contribution >= 4 is 27.5 Å². The molecule has 0 radical (unpaired) electrons. The van der Waals surface area contributed by atoms with Crippen molar-refractivity contribution in [3.8, 4) is 0 Å². The molecule has 7 heteroatoms. The number of amides is 1. The predicted molar refractivity (Wildman–Crippen MR) is 72.4 cm³/mol. The number of carbonyl (C=O) groups is 1. The summed E-state index contributed by atoms with van der Waals surface area (Å²) in [6.07, 6.45) is 2.17. The highest BCUT2D eigenvalue weighted by atomic mass is 35.5. The van der Waals surface area contributed by atoms with Crippen molar-refractivity contribution in [1.29, 1.82) is 0 Å². The Morgan fingerprint density at radius 3 is 2.47 bits per heavy atom. The van der Waals surface area contributed by atoms with Crippen molar-refractivity contribution in [3.63, 3.8) is 0 Å². The van der Waals surface area contributed by atoms with Crippen molar-refractivity contribution in [2.45, 2.75) is 30.2 Å². The topological polar surface area (TPSA) is 75.3 Å². The Labute approximate surface area is 117 Å². The first kappa shape index (κ1) is 14.3. The molecule has 0 atom stereocenters. The van der Waals surface area contributed by atoms with Crippen LogP contribution in [0.25, 0.3) is 0 Å². The Morgan fingerprint density at radius 2 is 1.89 bits per heavy atom. The van der Waals surface area contributed by atoms with E-state index >= 15 is 0 Å². The van der Waals surface area contributed by atoms with Crippen LogP contribution in [0.3, 0.4) is 0 Å². The van der Waals surface area contributed by atoms with Crippen LogP contribution in [0, 0.1) is 0 Å². The molecule has 1 aliphatic carbocycles. The zero-order valence-corrected chi connectivity index (χ0v) is 11.8. The third-order valence-electron chi connectivity index (χ3n) is 2.71. The second-order valence-electron chi connectivity index (χ2n) is 4.44. The van der Waals surface area contributed by atoms with Gasteiger partial charge in [-0.1, -0.05) is 11.6 Å². The maximum atomic E-state index is 11.9. The van der Waals surface area contributed by atoms with Crippen molar-refractivity contribution in [2.75, 3.05) is 6.54 Å². The molecule has 0 aliphatic heterocycles. The first-order valence-corrected chi connectivity index (χ1v) is 7.88. The van der Waals surface area contributed by atoms with Gasteiger partial charge in [0.25, 0.3) is 0 Å². The van der Waals surface area contributed by atoms with Crippen LogP contribution >= 0.6 is 11.6 Å². The third-order valence-corrected chi connectivity index (χ3v) is 4.44. The van der Waals surface area contributed by atoms with Gasteiger partial charge < -0.3 is 5.32 Å². The van der Waals surface area contributed by atoms with Gasteiger partial charge in [-0.2, -0.15) is 0 Å². The van der Waals surface area contributed by atoms with E-state index in [1.165, 1.54) is 24.3 Å². The molecule has 2 rings (SSSR count). The third kappa shape index (κ3) is 4.49. The maximum absolute atomic E-state index is 11.9. The molecule has 1 aliphatic rings. The second-order valence-corrected chi connectivity index (χ2v) is 6.65. The molecule has 5 nitrogen and oxygen atoms in total. The minimum absolute atomic E-state index is 0.0868. The van der Waals surface area contributed by atoms with E-state index in [0.29, 0.717) is 11.1 Å². The lowest BCUT2D eigenvalue weighted by Gasteiger charge is -2.07. The van der Waals surface area contributed by atoms with Crippen molar-refractivity contribution < 1.29 is 13.2 Å². The van der Waals surface area contributed by atoms with Crippen molar-refractivity contribution in [3.05, 3.63) is 29.3 Å². The molecule has 1 amide bonds. The van der Waals surface area contributed by atoms with E-state index in [1.807, 2.05) is 0 Å².